The van der Waals surface area contributed by atoms with Crippen LogP contribution >= 0.6 is 0 Å². The van der Waals surface area contributed by atoms with Crippen molar-refractivity contribution < 1.29 is 19.4 Å². The molecule has 1 atom stereocenters. The molecule has 0 fully saturated rings. The average molecular weight is 366 g/mol. The van der Waals surface area contributed by atoms with Crippen LogP contribution in [-0.2, 0) is 22.4 Å². The third kappa shape index (κ3) is 7.16. The van der Waals surface area contributed by atoms with Crippen LogP contribution < -0.4 is 4.74 Å². The SMILES string of the molecule is CCCCc1ccc(OCC#Cc2ccc(C[C@H](OC)C(=O)O)cc2)cc1. The van der Waals surface area contributed by atoms with Crippen LogP contribution in [0.3, 0.4) is 0 Å². The van der Waals surface area contributed by atoms with E-state index in [4.69, 9.17) is 14.6 Å². The van der Waals surface area contributed by atoms with Gasteiger partial charge in [0.2, 0.25) is 0 Å². The van der Waals surface area contributed by atoms with Crippen molar-refractivity contribution in [3.05, 3.63) is 65.2 Å². The number of ether oxygens (including phenoxy) is 2. The molecule has 0 heterocycles. The van der Waals surface area contributed by atoms with Crippen LogP contribution in [0.1, 0.15) is 36.5 Å². The summed E-state index contributed by atoms with van der Waals surface area (Å²) in [7, 11) is 1.40. The van der Waals surface area contributed by atoms with Gasteiger partial charge in [-0.15, -0.1) is 0 Å². The number of hydrogen-bond acceptors (Lipinski definition) is 3. The first kappa shape index (κ1) is 20.5. The smallest absolute Gasteiger partial charge is 0.333 e. The highest BCUT2D eigenvalue weighted by atomic mass is 16.5. The fourth-order valence-electron chi connectivity index (χ4n) is 2.60. The largest absolute Gasteiger partial charge is 0.481 e. The second-order valence-electron chi connectivity index (χ2n) is 6.30. The van der Waals surface area contributed by atoms with Crippen LogP contribution in [0.25, 0.3) is 0 Å². The molecular weight excluding hydrogens is 340 g/mol. The Morgan fingerprint density at radius 2 is 1.74 bits per heavy atom. The van der Waals surface area contributed by atoms with E-state index in [9.17, 15) is 4.79 Å². The highest BCUT2D eigenvalue weighted by Gasteiger charge is 2.16. The minimum absolute atomic E-state index is 0.320. The number of hydrogen-bond donors (Lipinski definition) is 1. The lowest BCUT2D eigenvalue weighted by Crippen LogP contribution is -2.24. The van der Waals surface area contributed by atoms with E-state index in [1.807, 2.05) is 36.4 Å². The quantitative estimate of drug-likeness (QED) is 0.679. The van der Waals surface area contributed by atoms with E-state index in [1.165, 1.54) is 25.5 Å². The molecule has 142 valence electrons. The number of rotatable bonds is 9. The third-order valence-corrected chi connectivity index (χ3v) is 4.22. The van der Waals surface area contributed by atoms with Gasteiger partial charge >= 0.3 is 5.97 Å². The molecule has 0 spiro atoms. The van der Waals surface area contributed by atoms with Gasteiger partial charge in [-0.3, -0.25) is 0 Å². The summed E-state index contributed by atoms with van der Waals surface area (Å²) in [4.78, 5) is 11.0. The summed E-state index contributed by atoms with van der Waals surface area (Å²) in [5.41, 5.74) is 3.09. The predicted octanol–water partition coefficient (Wildman–Crippen LogP) is 4.10. The standard InChI is InChI=1S/C23H26O4/c1-3-4-6-18-12-14-21(15-13-18)27-16-5-7-19-8-10-20(11-9-19)17-22(26-2)23(24)25/h8-15,22H,3-4,6,16-17H2,1-2H3,(H,24,25)/t22-/m0/s1. The zero-order chi connectivity index (χ0) is 19.5. The summed E-state index contributed by atoms with van der Waals surface area (Å²) in [6.45, 7) is 2.51. The van der Waals surface area contributed by atoms with Crippen molar-refractivity contribution in [1.29, 1.82) is 0 Å². The van der Waals surface area contributed by atoms with Crippen LogP contribution in [0.15, 0.2) is 48.5 Å². The molecule has 2 aromatic carbocycles. The Morgan fingerprint density at radius 3 is 2.33 bits per heavy atom. The van der Waals surface area contributed by atoms with Crippen molar-refractivity contribution in [2.45, 2.75) is 38.7 Å². The van der Waals surface area contributed by atoms with Gasteiger partial charge < -0.3 is 14.6 Å². The first-order chi connectivity index (χ1) is 13.1. The molecule has 1 N–H and O–H groups in total. The summed E-state index contributed by atoms with van der Waals surface area (Å²) in [5, 5.41) is 9.02. The molecule has 2 aromatic rings. The molecule has 0 amide bonds. The van der Waals surface area contributed by atoms with Crippen molar-refractivity contribution in [2.24, 2.45) is 0 Å². The Kier molecular flexibility index (Phi) is 8.41. The van der Waals surface area contributed by atoms with E-state index in [1.54, 1.807) is 0 Å². The van der Waals surface area contributed by atoms with Gasteiger partial charge in [0.05, 0.1) is 0 Å². The molecule has 0 aliphatic carbocycles. The van der Waals surface area contributed by atoms with Gasteiger partial charge in [-0.25, -0.2) is 4.79 Å². The van der Waals surface area contributed by atoms with E-state index < -0.39 is 12.1 Å². The first-order valence-corrected chi connectivity index (χ1v) is 9.17. The fraction of sp³-hybridized carbons (Fsp3) is 0.348. The van der Waals surface area contributed by atoms with Crippen molar-refractivity contribution in [3.63, 3.8) is 0 Å². The third-order valence-electron chi connectivity index (χ3n) is 4.22. The lowest BCUT2D eigenvalue weighted by atomic mass is 10.1. The van der Waals surface area contributed by atoms with Crippen LogP contribution in [0.4, 0.5) is 0 Å². The second kappa shape index (κ2) is 11.1. The molecule has 0 aliphatic rings. The first-order valence-electron chi connectivity index (χ1n) is 9.17. The summed E-state index contributed by atoms with van der Waals surface area (Å²) >= 11 is 0. The van der Waals surface area contributed by atoms with Gasteiger partial charge in [-0.05, 0) is 48.2 Å². The van der Waals surface area contributed by atoms with Crippen molar-refractivity contribution in [1.82, 2.24) is 0 Å². The fourth-order valence-corrected chi connectivity index (χ4v) is 2.60. The Bertz CT molecular complexity index is 767. The van der Waals surface area contributed by atoms with Gasteiger partial charge in [0, 0.05) is 19.1 Å². The Morgan fingerprint density at radius 1 is 1.07 bits per heavy atom. The molecule has 0 radical (unpaired) electrons. The molecule has 4 nitrogen and oxygen atoms in total. The molecule has 0 bridgehead atoms. The molecule has 0 aromatic heterocycles. The topological polar surface area (TPSA) is 55.8 Å². The Hall–Kier alpha value is -2.77. The van der Waals surface area contributed by atoms with Gasteiger partial charge in [-0.1, -0.05) is 49.5 Å². The maximum atomic E-state index is 11.0. The number of aliphatic carboxylic acids is 1. The van der Waals surface area contributed by atoms with Crippen LogP contribution in [0.5, 0.6) is 5.75 Å². The minimum Gasteiger partial charge on any atom is -0.481 e. The average Bonchev–Trinajstić information content (AvgIpc) is 2.69. The van der Waals surface area contributed by atoms with E-state index in [0.29, 0.717) is 13.0 Å². The number of aryl methyl sites for hydroxylation is 1. The van der Waals surface area contributed by atoms with Crippen molar-refractivity contribution in [3.8, 4) is 17.6 Å². The van der Waals surface area contributed by atoms with Crippen LogP contribution in [0.2, 0.25) is 0 Å². The van der Waals surface area contributed by atoms with E-state index in [-0.39, 0.29) is 0 Å². The molecule has 0 saturated heterocycles. The van der Waals surface area contributed by atoms with Gasteiger partial charge in [0.25, 0.3) is 0 Å². The van der Waals surface area contributed by atoms with Crippen molar-refractivity contribution >= 4 is 5.97 Å². The molecule has 0 unspecified atom stereocenters. The lowest BCUT2D eigenvalue weighted by Gasteiger charge is -2.10. The lowest BCUT2D eigenvalue weighted by molar-refractivity contribution is -0.148. The van der Waals surface area contributed by atoms with Crippen LogP contribution in [0, 0.1) is 11.8 Å². The van der Waals surface area contributed by atoms with Gasteiger partial charge in [-0.2, -0.15) is 0 Å². The van der Waals surface area contributed by atoms with Gasteiger partial charge in [0.1, 0.15) is 12.4 Å². The van der Waals surface area contributed by atoms with Crippen molar-refractivity contribution in [2.75, 3.05) is 13.7 Å². The highest BCUT2D eigenvalue weighted by molar-refractivity contribution is 5.72. The molecule has 4 heteroatoms. The zero-order valence-corrected chi connectivity index (χ0v) is 15.9. The number of unbranched alkanes of at least 4 members (excludes halogenated alkanes) is 1. The Labute approximate surface area is 161 Å². The Balaban J connectivity index is 1.82. The maximum Gasteiger partial charge on any atom is 0.333 e. The van der Waals surface area contributed by atoms with E-state index in [2.05, 4.69) is 30.9 Å². The summed E-state index contributed by atoms with van der Waals surface area (Å²) < 4.78 is 10.6. The summed E-state index contributed by atoms with van der Waals surface area (Å²) in [6, 6.07) is 15.7. The summed E-state index contributed by atoms with van der Waals surface area (Å²) in [5.74, 6) is 5.90. The zero-order valence-electron chi connectivity index (χ0n) is 15.9. The van der Waals surface area contributed by atoms with E-state index >= 15 is 0 Å². The minimum atomic E-state index is -0.961. The van der Waals surface area contributed by atoms with Gasteiger partial charge in [0.15, 0.2) is 6.10 Å². The summed E-state index contributed by atoms with van der Waals surface area (Å²) in [6.07, 6.45) is 3.00. The molecule has 2 rings (SSSR count). The highest BCUT2D eigenvalue weighted by Crippen LogP contribution is 2.14. The second-order valence-corrected chi connectivity index (χ2v) is 6.30. The number of carboxylic acids is 1. The predicted molar refractivity (Wildman–Crippen MR) is 106 cm³/mol. The normalized spacial score (nSPS) is 11.3. The number of methoxy groups -OCH3 is 1. The van der Waals surface area contributed by atoms with E-state index in [0.717, 1.165) is 23.3 Å². The molecular formula is C23H26O4. The maximum absolute atomic E-state index is 11.0. The van der Waals surface area contributed by atoms with Crippen LogP contribution in [-0.4, -0.2) is 30.9 Å². The monoisotopic (exact) mass is 366 g/mol. The number of benzene rings is 2. The molecule has 0 saturated carbocycles. The number of carbonyl (C=O) groups is 1. The number of carboxylic acid groups (broad SMARTS) is 1. The molecule has 27 heavy (non-hydrogen) atoms. The molecule has 0 aliphatic heterocycles.